The number of carbonyl (C=O) groups is 1. The third-order valence-electron chi connectivity index (χ3n) is 3.71. The molecule has 1 fully saturated rings. The number of hydrogen-bond acceptors (Lipinski definition) is 3. The molecule has 0 aliphatic carbocycles. The van der Waals surface area contributed by atoms with Crippen LogP contribution in [0.3, 0.4) is 0 Å². The van der Waals surface area contributed by atoms with Crippen LogP contribution >= 0.6 is 15.9 Å². The molecule has 20 heavy (non-hydrogen) atoms. The molecule has 0 radical (unpaired) electrons. The molecule has 1 unspecified atom stereocenters. The maximum Gasteiger partial charge on any atom is 0.242 e. The predicted molar refractivity (Wildman–Crippen MR) is 83.9 cm³/mol. The van der Waals surface area contributed by atoms with Crippen molar-refractivity contribution in [2.75, 3.05) is 31.6 Å². The Bertz CT molecular complexity index is 485. The van der Waals surface area contributed by atoms with Crippen LogP contribution in [0.25, 0.3) is 0 Å². The zero-order valence-electron chi connectivity index (χ0n) is 12.0. The van der Waals surface area contributed by atoms with E-state index < -0.39 is 6.10 Å². The van der Waals surface area contributed by atoms with E-state index >= 15 is 0 Å². The minimum absolute atomic E-state index is 0.181. The molecule has 110 valence electrons. The van der Waals surface area contributed by atoms with Crippen molar-refractivity contribution in [3.8, 4) is 0 Å². The fourth-order valence-corrected chi connectivity index (χ4v) is 3.15. The van der Waals surface area contributed by atoms with Crippen LogP contribution in [-0.4, -0.2) is 42.6 Å². The van der Waals surface area contributed by atoms with Crippen molar-refractivity contribution >= 4 is 27.5 Å². The van der Waals surface area contributed by atoms with Gasteiger partial charge in [-0.1, -0.05) is 22.0 Å². The van der Waals surface area contributed by atoms with Gasteiger partial charge in [0.15, 0.2) is 0 Å². The quantitative estimate of drug-likeness (QED) is 0.915. The molecule has 1 aliphatic rings. The minimum Gasteiger partial charge on any atom is -0.389 e. The van der Waals surface area contributed by atoms with Gasteiger partial charge in [0.1, 0.15) is 0 Å². The molecule has 1 atom stereocenters. The van der Waals surface area contributed by atoms with E-state index in [1.54, 1.807) is 6.92 Å². The molecule has 1 aliphatic heterocycles. The van der Waals surface area contributed by atoms with Crippen LogP contribution in [0, 0.1) is 0 Å². The number of benzene rings is 1. The Hall–Kier alpha value is -1.07. The summed E-state index contributed by atoms with van der Waals surface area (Å²) in [4.78, 5) is 16.0. The van der Waals surface area contributed by atoms with Crippen molar-refractivity contribution in [3.63, 3.8) is 0 Å². The Morgan fingerprint density at radius 2 is 2.10 bits per heavy atom. The number of aliphatic hydroxyl groups is 1. The summed E-state index contributed by atoms with van der Waals surface area (Å²) in [6.07, 6.45) is 1.73. The number of nitrogens with zero attached hydrogens (tertiary/aromatic N) is 2. The molecule has 1 saturated heterocycles. The lowest BCUT2D eigenvalue weighted by atomic mass is 10.1. The Kier molecular flexibility index (Phi) is 5.05. The van der Waals surface area contributed by atoms with Crippen molar-refractivity contribution < 1.29 is 9.90 Å². The molecular weight excluding hydrogens is 320 g/mol. The number of anilines is 1. The van der Waals surface area contributed by atoms with Gasteiger partial charge in [0.05, 0.1) is 12.6 Å². The van der Waals surface area contributed by atoms with E-state index in [0.29, 0.717) is 6.54 Å². The standard InChI is InChI=1S/C15H21BrN2O2/c1-11(19)13-6-5-12(9-14(13)16)17(2)10-15(20)18-7-3-4-8-18/h5-6,9,11,19H,3-4,7-8,10H2,1-2H3. The van der Waals surface area contributed by atoms with E-state index in [-0.39, 0.29) is 5.91 Å². The number of likely N-dealkylation sites (tertiary alicyclic amines) is 1. The number of carbonyl (C=O) groups excluding carboxylic acids is 1. The molecule has 5 heteroatoms. The first-order valence-corrected chi connectivity index (χ1v) is 7.75. The van der Waals surface area contributed by atoms with Gasteiger partial charge in [0, 0.05) is 30.3 Å². The Morgan fingerprint density at radius 3 is 2.65 bits per heavy atom. The van der Waals surface area contributed by atoms with E-state index in [4.69, 9.17) is 0 Å². The summed E-state index contributed by atoms with van der Waals surface area (Å²) in [6.45, 7) is 3.90. The average molecular weight is 341 g/mol. The lowest BCUT2D eigenvalue weighted by Crippen LogP contribution is -2.37. The summed E-state index contributed by atoms with van der Waals surface area (Å²) in [5.41, 5.74) is 1.82. The van der Waals surface area contributed by atoms with E-state index in [1.165, 1.54) is 0 Å². The lowest BCUT2D eigenvalue weighted by molar-refractivity contribution is -0.128. The summed E-state index contributed by atoms with van der Waals surface area (Å²) in [6, 6.07) is 5.77. The second kappa shape index (κ2) is 6.59. The predicted octanol–water partition coefficient (Wildman–Crippen LogP) is 2.56. The monoisotopic (exact) mass is 340 g/mol. The molecule has 1 aromatic rings. The number of hydrogen-bond donors (Lipinski definition) is 1. The Balaban J connectivity index is 2.03. The van der Waals surface area contributed by atoms with Crippen LogP contribution in [0.4, 0.5) is 5.69 Å². The molecule has 1 amide bonds. The van der Waals surface area contributed by atoms with Crippen LogP contribution in [0.1, 0.15) is 31.4 Å². The third kappa shape index (κ3) is 3.52. The maximum atomic E-state index is 12.1. The van der Waals surface area contributed by atoms with Crippen LogP contribution < -0.4 is 4.90 Å². The number of likely N-dealkylation sites (N-methyl/N-ethyl adjacent to an activating group) is 1. The second-order valence-electron chi connectivity index (χ2n) is 5.33. The van der Waals surface area contributed by atoms with E-state index in [9.17, 15) is 9.90 Å². The lowest BCUT2D eigenvalue weighted by Gasteiger charge is -2.23. The molecule has 2 rings (SSSR count). The van der Waals surface area contributed by atoms with E-state index in [1.807, 2.05) is 35.0 Å². The van der Waals surface area contributed by atoms with Crippen molar-refractivity contribution in [2.45, 2.75) is 25.9 Å². The van der Waals surface area contributed by atoms with Gasteiger partial charge < -0.3 is 14.9 Å². The Morgan fingerprint density at radius 1 is 1.45 bits per heavy atom. The van der Waals surface area contributed by atoms with Crippen molar-refractivity contribution in [3.05, 3.63) is 28.2 Å². The summed E-state index contributed by atoms with van der Waals surface area (Å²) in [5.74, 6) is 0.181. The zero-order chi connectivity index (χ0) is 14.7. The van der Waals surface area contributed by atoms with Gasteiger partial charge in [0.2, 0.25) is 5.91 Å². The zero-order valence-corrected chi connectivity index (χ0v) is 13.6. The van der Waals surface area contributed by atoms with Crippen molar-refractivity contribution in [1.29, 1.82) is 0 Å². The molecule has 1 heterocycles. The van der Waals surface area contributed by atoms with Gasteiger partial charge in [-0.25, -0.2) is 0 Å². The molecule has 0 saturated carbocycles. The topological polar surface area (TPSA) is 43.8 Å². The molecule has 0 spiro atoms. The largest absolute Gasteiger partial charge is 0.389 e. The summed E-state index contributed by atoms with van der Waals surface area (Å²) >= 11 is 3.47. The molecule has 0 aromatic heterocycles. The SMILES string of the molecule is CC(O)c1ccc(N(C)CC(=O)N2CCCC2)cc1Br. The fraction of sp³-hybridized carbons (Fsp3) is 0.533. The second-order valence-corrected chi connectivity index (χ2v) is 6.18. The first-order valence-electron chi connectivity index (χ1n) is 6.95. The third-order valence-corrected chi connectivity index (χ3v) is 4.39. The van der Waals surface area contributed by atoms with Crippen LogP contribution in [-0.2, 0) is 4.79 Å². The molecule has 1 aromatic carbocycles. The van der Waals surface area contributed by atoms with Gasteiger partial charge in [-0.3, -0.25) is 4.79 Å². The number of aliphatic hydroxyl groups excluding tert-OH is 1. The number of rotatable bonds is 4. The van der Waals surface area contributed by atoms with E-state index in [0.717, 1.165) is 41.7 Å². The van der Waals surface area contributed by atoms with Crippen LogP contribution in [0.15, 0.2) is 22.7 Å². The van der Waals surface area contributed by atoms with Gasteiger partial charge in [-0.15, -0.1) is 0 Å². The van der Waals surface area contributed by atoms with Crippen molar-refractivity contribution in [2.24, 2.45) is 0 Å². The molecular formula is C15H21BrN2O2. The number of halogens is 1. The summed E-state index contributed by atoms with van der Waals surface area (Å²) < 4.78 is 0.866. The fourth-order valence-electron chi connectivity index (χ4n) is 2.45. The summed E-state index contributed by atoms with van der Waals surface area (Å²) in [5, 5.41) is 9.62. The maximum absolute atomic E-state index is 12.1. The average Bonchev–Trinajstić information content (AvgIpc) is 2.91. The summed E-state index contributed by atoms with van der Waals surface area (Å²) in [7, 11) is 1.91. The molecule has 4 nitrogen and oxygen atoms in total. The first-order chi connectivity index (χ1) is 9.49. The van der Waals surface area contributed by atoms with E-state index in [2.05, 4.69) is 15.9 Å². The highest BCUT2D eigenvalue weighted by molar-refractivity contribution is 9.10. The molecule has 1 N–H and O–H groups in total. The molecule has 0 bridgehead atoms. The van der Waals surface area contributed by atoms with Gasteiger partial charge in [0.25, 0.3) is 0 Å². The number of amides is 1. The van der Waals surface area contributed by atoms with Gasteiger partial charge >= 0.3 is 0 Å². The van der Waals surface area contributed by atoms with Crippen molar-refractivity contribution in [1.82, 2.24) is 4.90 Å². The van der Waals surface area contributed by atoms with Crippen LogP contribution in [0.2, 0.25) is 0 Å². The van der Waals surface area contributed by atoms with Gasteiger partial charge in [-0.2, -0.15) is 0 Å². The van der Waals surface area contributed by atoms with Crippen LogP contribution in [0.5, 0.6) is 0 Å². The highest BCUT2D eigenvalue weighted by Gasteiger charge is 2.19. The van der Waals surface area contributed by atoms with Gasteiger partial charge in [-0.05, 0) is 37.5 Å². The highest BCUT2D eigenvalue weighted by Crippen LogP contribution is 2.27. The smallest absolute Gasteiger partial charge is 0.242 e. The Labute approximate surface area is 128 Å². The highest BCUT2D eigenvalue weighted by atomic mass is 79.9. The normalized spacial score (nSPS) is 16.3. The minimum atomic E-state index is -0.505. The first kappa shape index (κ1) is 15.3.